The Bertz CT molecular complexity index is 1500. The minimum atomic E-state index is -1.11. The fraction of sp³-hybridized carbons (Fsp3) is 0.360. The van der Waals surface area contributed by atoms with Crippen LogP contribution in [0.3, 0.4) is 0 Å². The Labute approximate surface area is 216 Å². The zero-order valence-electron chi connectivity index (χ0n) is 20.7. The normalized spacial score (nSPS) is 11.8. The number of nitrogens with two attached hydrogens (primary N) is 1. The molecule has 3 N–H and O–H groups in total. The summed E-state index contributed by atoms with van der Waals surface area (Å²) in [5.74, 6) is -0.211. The van der Waals surface area contributed by atoms with Gasteiger partial charge in [-0.25, -0.2) is 14.5 Å². The van der Waals surface area contributed by atoms with Crippen LogP contribution in [0.5, 0.6) is 5.88 Å². The summed E-state index contributed by atoms with van der Waals surface area (Å²) < 4.78 is 11.9. The van der Waals surface area contributed by atoms with Crippen LogP contribution in [0.4, 0.5) is 5.95 Å². The summed E-state index contributed by atoms with van der Waals surface area (Å²) in [6.07, 6.45) is 5.28. The molecule has 3 heterocycles. The first-order valence-corrected chi connectivity index (χ1v) is 12.3. The largest absolute Gasteiger partial charge is 0.478 e. The van der Waals surface area contributed by atoms with E-state index in [2.05, 4.69) is 44.4 Å². The topological polar surface area (TPSA) is 130 Å². The molecule has 1 aromatic carbocycles. The molecule has 0 amide bonds. The van der Waals surface area contributed by atoms with Crippen LogP contribution in [-0.4, -0.2) is 41.6 Å². The third-order valence-electron chi connectivity index (χ3n) is 6.27. The lowest BCUT2D eigenvalue weighted by atomic mass is 9.96. The number of halogens is 1. The van der Waals surface area contributed by atoms with Crippen molar-refractivity contribution < 1.29 is 14.6 Å². The number of aromatic nitrogens is 5. The van der Waals surface area contributed by atoms with Crippen molar-refractivity contribution >= 4 is 38.9 Å². The van der Waals surface area contributed by atoms with E-state index < -0.39 is 5.97 Å². The minimum Gasteiger partial charge on any atom is -0.478 e. The summed E-state index contributed by atoms with van der Waals surface area (Å²) in [7, 11) is 3.24. The Kier molecular flexibility index (Phi) is 6.94. The quantitative estimate of drug-likeness (QED) is 0.296. The minimum absolute atomic E-state index is 0.0162. The number of imidazole rings is 1. The van der Waals surface area contributed by atoms with Gasteiger partial charge in [-0.05, 0) is 57.4 Å². The van der Waals surface area contributed by atoms with Crippen molar-refractivity contribution in [3.8, 4) is 17.0 Å². The van der Waals surface area contributed by atoms with Gasteiger partial charge < -0.3 is 24.7 Å². The van der Waals surface area contributed by atoms with E-state index in [0.717, 1.165) is 34.8 Å². The van der Waals surface area contributed by atoms with Crippen LogP contribution in [0, 0.1) is 0 Å². The number of nitrogens with zero attached hydrogens (tertiary/aromatic N) is 5. The molecule has 0 radical (unpaired) electrons. The van der Waals surface area contributed by atoms with Crippen LogP contribution in [0.1, 0.15) is 43.5 Å². The lowest BCUT2D eigenvalue weighted by molar-refractivity contribution is 0.0696. The number of nitrogen functional groups attached to an aromatic ring is 1. The number of aromatic carboxylic acids is 1. The number of aryl methyl sites for hydroxylation is 2. The van der Waals surface area contributed by atoms with Gasteiger partial charge in [0.25, 0.3) is 5.56 Å². The van der Waals surface area contributed by atoms with Gasteiger partial charge in [0.2, 0.25) is 11.8 Å². The smallest absolute Gasteiger partial charge is 0.337 e. The fourth-order valence-electron chi connectivity index (χ4n) is 4.45. The van der Waals surface area contributed by atoms with Crippen LogP contribution < -0.4 is 16.0 Å². The van der Waals surface area contributed by atoms with Gasteiger partial charge in [-0.3, -0.25) is 4.79 Å². The molecule has 0 aliphatic carbocycles. The van der Waals surface area contributed by atoms with Gasteiger partial charge in [0.15, 0.2) is 0 Å². The number of pyridine rings is 1. The van der Waals surface area contributed by atoms with Crippen LogP contribution in [-0.2, 0) is 19.6 Å². The zero-order chi connectivity index (χ0) is 26.2. The third kappa shape index (κ3) is 4.88. The second kappa shape index (κ2) is 9.81. The number of carboxylic acids is 1. The summed E-state index contributed by atoms with van der Waals surface area (Å²) in [6.45, 7) is 4.68. The number of hydrogen-bond donors (Lipinski definition) is 2. The first-order chi connectivity index (χ1) is 17.0. The average molecular weight is 557 g/mol. The number of fused-ring (bicyclic) bond motifs is 1. The Morgan fingerprint density at radius 3 is 2.67 bits per heavy atom. The Balaban J connectivity index is 1.45. The number of benzene rings is 1. The number of carbonyl (C=O) groups is 1. The molecule has 0 saturated heterocycles. The van der Waals surface area contributed by atoms with Gasteiger partial charge in [-0.1, -0.05) is 15.9 Å². The highest BCUT2D eigenvalue weighted by molar-refractivity contribution is 9.10. The Morgan fingerprint density at radius 2 is 1.94 bits per heavy atom. The molecule has 0 saturated carbocycles. The first kappa shape index (κ1) is 25.5. The summed E-state index contributed by atoms with van der Waals surface area (Å²) in [5, 5.41) is 13.6. The maximum atomic E-state index is 12.7. The number of ether oxygens (including phenoxy) is 1. The van der Waals surface area contributed by atoms with Gasteiger partial charge in [-0.15, -0.1) is 0 Å². The van der Waals surface area contributed by atoms with Gasteiger partial charge in [0, 0.05) is 30.3 Å². The molecule has 190 valence electrons. The Morgan fingerprint density at radius 1 is 1.19 bits per heavy atom. The average Bonchev–Trinajstić information content (AvgIpc) is 3.33. The molecule has 0 bridgehead atoms. The second-order valence-electron chi connectivity index (χ2n) is 9.41. The van der Waals surface area contributed by atoms with Crippen LogP contribution in [0.2, 0.25) is 0 Å². The SMILES string of the molecule is Cn1ncc(-c2cc(C(=O)O)cn(C)c2=O)c1OCCCCC(C)(C)n1c(N)nc2ccc(Br)cc21. The van der Waals surface area contributed by atoms with E-state index in [-0.39, 0.29) is 22.2 Å². The fourth-order valence-corrected chi connectivity index (χ4v) is 4.80. The molecule has 0 spiro atoms. The van der Waals surface area contributed by atoms with Crippen molar-refractivity contribution in [2.45, 2.75) is 38.6 Å². The third-order valence-corrected chi connectivity index (χ3v) is 6.77. The highest BCUT2D eigenvalue weighted by Gasteiger charge is 2.25. The highest BCUT2D eigenvalue weighted by atomic mass is 79.9. The zero-order valence-corrected chi connectivity index (χ0v) is 22.2. The molecule has 4 aromatic rings. The maximum absolute atomic E-state index is 12.7. The van der Waals surface area contributed by atoms with E-state index in [1.54, 1.807) is 11.7 Å². The van der Waals surface area contributed by atoms with Gasteiger partial charge >= 0.3 is 5.97 Å². The van der Waals surface area contributed by atoms with Crippen molar-refractivity contribution in [2.75, 3.05) is 12.3 Å². The van der Waals surface area contributed by atoms with Crippen LogP contribution in [0.25, 0.3) is 22.2 Å². The molecule has 4 rings (SSSR count). The van der Waals surface area contributed by atoms with Crippen molar-refractivity contribution in [1.82, 2.24) is 23.9 Å². The van der Waals surface area contributed by atoms with E-state index in [1.165, 1.54) is 30.1 Å². The van der Waals surface area contributed by atoms with Crippen molar-refractivity contribution in [1.29, 1.82) is 0 Å². The van der Waals surface area contributed by atoms with E-state index >= 15 is 0 Å². The van der Waals surface area contributed by atoms with E-state index in [4.69, 9.17) is 10.5 Å². The molecule has 0 unspecified atom stereocenters. The number of rotatable bonds is 9. The second-order valence-corrected chi connectivity index (χ2v) is 10.3. The predicted octanol–water partition coefficient (Wildman–Crippen LogP) is 4.16. The summed E-state index contributed by atoms with van der Waals surface area (Å²) in [4.78, 5) is 28.7. The van der Waals surface area contributed by atoms with E-state index in [1.807, 2.05) is 18.2 Å². The monoisotopic (exact) mass is 556 g/mol. The lowest BCUT2D eigenvalue weighted by Gasteiger charge is -2.28. The van der Waals surface area contributed by atoms with E-state index in [0.29, 0.717) is 24.0 Å². The van der Waals surface area contributed by atoms with Gasteiger partial charge in [0.1, 0.15) is 0 Å². The summed E-state index contributed by atoms with van der Waals surface area (Å²) in [6, 6.07) is 7.28. The van der Waals surface area contributed by atoms with Crippen molar-refractivity contribution in [3.05, 3.63) is 57.0 Å². The molecular weight excluding hydrogens is 528 g/mol. The van der Waals surface area contributed by atoms with Crippen LogP contribution >= 0.6 is 15.9 Å². The molecule has 36 heavy (non-hydrogen) atoms. The molecule has 0 atom stereocenters. The molecule has 11 heteroatoms. The summed E-state index contributed by atoms with van der Waals surface area (Å²) in [5.41, 5.74) is 8.22. The number of carboxylic acid groups (broad SMARTS) is 1. The summed E-state index contributed by atoms with van der Waals surface area (Å²) >= 11 is 3.53. The molecule has 3 aromatic heterocycles. The van der Waals surface area contributed by atoms with Gasteiger partial charge in [0.05, 0.1) is 40.5 Å². The molecule has 0 aliphatic rings. The molecular formula is C25H29BrN6O4. The maximum Gasteiger partial charge on any atom is 0.337 e. The molecule has 0 fully saturated rings. The van der Waals surface area contributed by atoms with Crippen LogP contribution in [0.15, 0.2) is 45.9 Å². The highest BCUT2D eigenvalue weighted by Crippen LogP contribution is 2.32. The number of unbranched alkanes of at least 4 members (excludes halogenated alkanes) is 1. The Hall–Kier alpha value is -3.60. The molecule has 0 aliphatic heterocycles. The predicted molar refractivity (Wildman–Crippen MR) is 141 cm³/mol. The van der Waals surface area contributed by atoms with Gasteiger partial charge in [-0.2, -0.15) is 5.10 Å². The van der Waals surface area contributed by atoms with Crippen molar-refractivity contribution in [3.63, 3.8) is 0 Å². The lowest BCUT2D eigenvalue weighted by Crippen LogP contribution is -2.27. The van der Waals surface area contributed by atoms with Crippen molar-refractivity contribution in [2.24, 2.45) is 14.1 Å². The standard InChI is InChI=1S/C25H29BrN6O4/c1-25(2,32-20-12-16(26)7-8-19(20)29-24(32)27)9-5-6-10-36-22-18(13-28-31(22)4)17-11-15(23(34)35)14-30(3)21(17)33/h7-8,11-14H,5-6,9-10H2,1-4H3,(H2,27,29)(H,34,35). The molecule has 10 nitrogen and oxygen atoms in total. The number of hydrogen-bond acceptors (Lipinski definition) is 6. The van der Waals surface area contributed by atoms with E-state index in [9.17, 15) is 14.7 Å². The number of anilines is 1. The first-order valence-electron chi connectivity index (χ1n) is 11.5.